The molecule has 0 unspecified atom stereocenters. The molecule has 0 aliphatic carbocycles. The van der Waals surface area contributed by atoms with Gasteiger partial charge < -0.3 is 19.2 Å². The minimum atomic E-state index is 0.302. The van der Waals surface area contributed by atoms with Gasteiger partial charge in [-0.3, -0.25) is 0 Å². The molecular weight excluding hydrogens is 302 g/mol. The van der Waals surface area contributed by atoms with Crippen LogP contribution in [0.3, 0.4) is 0 Å². The Balaban J connectivity index is 1.43. The quantitative estimate of drug-likeness (QED) is 0.582. The Morgan fingerprint density at radius 2 is 1.67 bits per heavy atom. The zero-order chi connectivity index (χ0) is 15.9. The molecule has 0 saturated heterocycles. The number of nitrogens with one attached hydrogen (secondary N) is 1. The van der Waals surface area contributed by atoms with E-state index in [-0.39, 0.29) is 0 Å². The molecule has 118 valence electrons. The molecule has 3 aromatic carbocycles. The Morgan fingerprint density at radius 3 is 2.67 bits per heavy atom. The summed E-state index contributed by atoms with van der Waals surface area (Å²) in [6, 6.07) is 20.3. The van der Waals surface area contributed by atoms with Crippen LogP contribution in [-0.4, -0.2) is 6.79 Å². The number of ether oxygens (including phenoxy) is 2. The fraction of sp³-hybridized carbons (Fsp3) is 0.100. The molecule has 1 aliphatic heterocycles. The van der Waals surface area contributed by atoms with Gasteiger partial charge in [0.15, 0.2) is 11.5 Å². The first-order valence-corrected chi connectivity index (χ1v) is 7.90. The SMILES string of the molecule is c1ccc2c(c1)oc1ccc(NCc3ccc4c(c3)OCO4)cc12. The van der Waals surface area contributed by atoms with Crippen molar-refractivity contribution < 1.29 is 13.9 Å². The molecule has 0 radical (unpaired) electrons. The first-order chi connectivity index (χ1) is 11.9. The zero-order valence-electron chi connectivity index (χ0n) is 12.9. The Hall–Kier alpha value is -3.14. The molecule has 24 heavy (non-hydrogen) atoms. The molecule has 1 N–H and O–H groups in total. The van der Waals surface area contributed by atoms with E-state index in [1.165, 1.54) is 0 Å². The van der Waals surface area contributed by atoms with Crippen molar-refractivity contribution >= 4 is 27.6 Å². The van der Waals surface area contributed by atoms with E-state index in [0.29, 0.717) is 6.79 Å². The zero-order valence-corrected chi connectivity index (χ0v) is 12.9. The number of fused-ring (bicyclic) bond motifs is 4. The molecule has 0 spiro atoms. The van der Waals surface area contributed by atoms with E-state index in [1.54, 1.807) is 0 Å². The monoisotopic (exact) mass is 317 g/mol. The van der Waals surface area contributed by atoms with Crippen LogP contribution in [0, 0.1) is 0 Å². The lowest BCUT2D eigenvalue weighted by atomic mass is 10.1. The van der Waals surface area contributed by atoms with Crippen LogP contribution >= 0.6 is 0 Å². The number of anilines is 1. The van der Waals surface area contributed by atoms with E-state index in [0.717, 1.165) is 51.2 Å². The van der Waals surface area contributed by atoms with Gasteiger partial charge in [-0.1, -0.05) is 24.3 Å². The summed E-state index contributed by atoms with van der Waals surface area (Å²) >= 11 is 0. The van der Waals surface area contributed by atoms with Crippen molar-refractivity contribution in [3.63, 3.8) is 0 Å². The first-order valence-electron chi connectivity index (χ1n) is 7.90. The largest absolute Gasteiger partial charge is 0.456 e. The summed E-state index contributed by atoms with van der Waals surface area (Å²) in [7, 11) is 0. The number of hydrogen-bond donors (Lipinski definition) is 1. The number of rotatable bonds is 3. The lowest BCUT2D eigenvalue weighted by molar-refractivity contribution is 0.174. The lowest BCUT2D eigenvalue weighted by Crippen LogP contribution is -1.99. The Morgan fingerprint density at radius 1 is 0.792 bits per heavy atom. The lowest BCUT2D eigenvalue weighted by Gasteiger charge is -2.07. The minimum Gasteiger partial charge on any atom is -0.456 e. The summed E-state index contributed by atoms with van der Waals surface area (Å²) in [6.45, 7) is 1.02. The highest BCUT2D eigenvalue weighted by Gasteiger charge is 2.13. The summed E-state index contributed by atoms with van der Waals surface area (Å²) in [5.41, 5.74) is 4.04. The van der Waals surface area contributed by atoms with Crippen molar-refractivity contribution in [3.05, 3.63) is 66.2 Å². The second-order valence-electron chi connectivity index (χ2n) is 5.85. The fourth-order valence-electron chi connectivity index (χ4n) is 3.09. The van der Waals surface area contributed by atoms with Gasteiger partial charge in [-0.15, -0.1) is 0 Å². The third kappa shape index (κ3) is 2.15. The van der Waals surface area contributed by atoms with Crippen molar-refractivity contribution in [2.45, 2.75) is 6.54 Å². The molecule has 0 fully saturated rings. The van der Waals surface area contributed by atoms with Crippen LogP contribution in [0.1, 0.15) is 5.56 Å². The second-order valence-corrected chi connectivity index (χ2v) is 5.85. The van der Waals surface area contributed by atoms with Crippen LogP contribution in [0.5, 0.6) is 11.5 Å². The van der Waals surface area contributed by atoms with Gasteiger partial charge in [0.1, 0.15) is 11.2 Å². The Kier molecular flexibility index (Phi) is 2.88. The van der Waals surface area contributed by atoms with E-state index in [4.69, 9.17) is 13.9 Å². The molecule has 4 aromatic rings. The maximum Gasteiger partial charge on any atom is 0.231 e. The molecule has 0 bridgehead atoms. The van der Waals surface area contributed by atoms with Gasteiger partial charge in [0.05, 0.1) is 0 Å². The molecule has 1 aliphatic rings. The van der Waals surface area contributed by atoms with E-state index in [1.807, 2.05) is 48.5 Å². The third-order valence-corrected chi connectivity index (χ3v) is 4.31. The maximum absolute atomic E-state index is 5.86. The normalized spacial score (nSPS) is 12.8. The van der Waals surface area contributed by atoms with Gasteiger partial charge in [0.25, 0.3) is 0 Å². The highest BCUT2D eigenvalue weighted by Crippen LogP contribution is 2.33. The summed E-state index contributed by atoms with van der Waals surface area (Å²) in [5, 5.41) is 5.73. The smallest absolute Gasteiger partial charge is 0.231 e. The van der Waals surface area contributed by atoms with Crippen molar-refractivity contribution in [3.8, 4) is 11.5 Å². The second kappa shape index (κ2) is 5.20. The van der Waals surface area contributed by atoms with Gasteiger partial charge in [0.2, 0.25) is 6.79 Å². The van der Waals surface area contributed by atoms with Crippen LogP contribution < -0.4 is 14.8 Å². The molecular formula is C20H15NO3. The summed E-state index contributed by atoms with van der Waals surface area (Å²) in [4.78, 5) is 0. The molecule has 0 atom stereocenters. The van der Waals surface area contributed by atoms with Gasteiger partial charge in [-0.2, -0.15) is 0 Å². The number of para-hydroxylation sites is 1. The predicted octanol–water partition coefficient (Wildman–Crippen LogP) is 4.93. The maximum atomic E-state index is 5.86. The molecule has 2 heterocycles. The molecule has 0 amide bonds. The van der Waals surface area contributed by atoms with Crippen LogP contribution in [0.4, 0.5) is 5.69 Å². The summed E-state index contributed by atoms with van der Waals surface area (Å²) in [6.07, 6.45) is 0. The highest BCUT2D eigenvalue weighted by atomic mass is 16.7. The van der Waals surface area contributed by atoms with Crippen molar-refractivity contribution in [2.75, 3.05) is 12.1 Å². The van der Waals surface area contributed by atoms with Crippen LogP contribution in [0.15, 0.2) is 65.1 Å². The number of furan rings is 1. The summed E-state index contributed by atoms with van der Waals surface area (Å²) in [5.74, 6) is 1.62. The summed E-state index contributed by atoms with van der Waals surface area (Å²) < 4.78 is 16.6. The van der Waals surface area contributed by atoms with E-state index in [2.05, 4.69) is 17.4 Å². The molecule has 5 rings (SSSR count). The number of hydrogen-bond acceptors (Lipinski definition) is 4. The first kappa shape index (κ1) is 13.3. The van der Waals surface area contributed by atoms with Crippen molar-refractivity contribution in [2.24, 2.45) is 0 Å². The van der Waals surface area contributed by atoms with Gasteiger partial charge in [0, 0.05) is 23.0 Å². The van der Waals surface area contributed by atoms with Crippen molar-refractivity contribution in [1.82, 2.24) is 0 Å². The topological polar surface area (TPSA) is 43.6 Å². The van der Waals surface area contributed by atoms with Gasteiger partial charge in [-0.25, -0.2) is 0 Å². The average Bonchev–Trinajstić information content (AvgIpc) is 3.23. The standard InChI is InChI=1S/C20H15NO3/c1-2-4-17-15(3-1)16-10-14(6-8-18(16)24-17)21-11-13-5-7-19-20(9-13)23-12-22-19/h1-10,21H,11-12H2. The molecule has 0 saturated carbocycles. The predicted molar refractivity (Wildman–Crippen MR) is 93.6 cm³/mol. The highest BCUT2D eigenvalue weighted by molar-refractivity contribution is 6.05. The Bertz CT molecular complexity index is 1050. The van der Waals surface area contributed by atoms with E-state index < -0.39 is 0 Å². The Labute approximate surface area is 138 Å². The third-order valence-electron chi connectivity index (χ3n) is 4.31. The van der Waals surface area contributed by atoms with E-state index >= 15 is 0 Å². The van der Waals surface area contributed by atoms with E-state index in [9.17, 15) is 0 Å². The molecule has 4 nitrogen and oxygen atoms in total. The van der Waals surface area contributed by atoms with Crippen molar-refractivity contribution in [1.29, 1.82) is 0 Å². The molecule has 4 heteroatoms. The van der Waals surface area contributed by atoms with Crippen LogP contribution in [0.2, 0.25) is 0 Å². The van der Waals surface area contributed by atoms with Crippen LogP contribution in [-0.2, 0) is 6.54 Å². The fourth-order valence-corrected chi connectivity index (χ4v) is 3.09. The van der Waals surface area contributed by atoms with Crippen LogP contribution in [0.25, 0.3) is 21.9 Å². The van der Waals surface area contributed by atoms with Gasteiger partial charge >= 0.3 is 0 Å². The number of benzene rings is 3. The minimum absolute atomic E-state index is 0.302. The molecule has 1 aromatic heterocycles. The average molecular weight is 317 g/mol. The van der Waals surface area contributed by atoms with Gasteiger partial charge in [-0.05, 0) is 42.0 Å².